The molecule has 0 N–H and O–H groups in total. The SMILES string of the molecule is CC.CC.O=S1(=O)CC(S(=O)(=O)c2ccccn2)c2cccnc21. The lowest BCUT2D eigenvalue weighted by molar-refractivity contribution is 0.579. The van der Waals surface area contributed by atoms with E-state index in [0.29, 0.717) is 0 Å². The largest absolute Gasteiger partial charge is 0.245 e. The minimum absolute atomic E-state index is 0.128. The van der Waals surface area contributed by atoms with Crippen LogP contribution in [-0.4, -0.2) is 32.6 Å². The van der Waals surface area contributed by atoms with E-state index in [-0.39, 0.29) is 15.6 Å². The third-order valence-electron chi connectivity index (χ3n) is 3.12. The van der Waals surface area contributed by atoms with E-state index in [1.165, 1.54) is 30.6 Å². The van der Waals surface area contributed by atoms with Crippen molar-refractivity contribution >= 4 is 19.7 Å². The van der Waals surface area contributed by atoms with Crippen LogP contribution in [0.5, 0.6) is 0 Å². The van der Waals surface area contributed by atoms with Crippen molar-refractivity contribution in [3.05, 3.63) is 48.3 Å². The zero-order chi connectivity index (χ0) is 18.4. The summed E-state index contributed by atoms with van der Waals surface area (Å²) in [4.78, 5) is 7.61. The Morgan fingerprint density at radius 1 is 0.958 bits per heavy atom. The van der Waals surface area contributed by atoms with Crippen molar-refractivity contribution in [2.45, 2.75) is 43.0 Å². The summed E-state index contributed by atoms with van der Waals surface area (Å²) < 4.78 is 49.0. The normalized spacial score (nSPS) is 17.6. The van der Waals surface area contributed by atoms with Crippen LogP contribution >= 0.6 is 0 Å². The number of hydrogen-bond acceptors (Lipinski definition) is 6. The van der Waals surface area contributed by atoms with E-state index in [9.17, 15) is 16.8 Å². The van der Waals surface area contributed by atoms with Crippen LogP contribution in [0.1, 0.15) is 38.5 Å². The van der Waals surface area contributed by atoms with Crippen molar-refractivity contribution in [2.24, 2.45) is 0 Å². The standard InChI is InChI=1S/C12H10N2O4S2.2C2H6/c15-19(16)8-10(9-4-3-7-14-12(9)19)20(17,18)11-5-1-2-6-13-11;2*1-2/h1-7,10H,8H2;2*1-2H3. The van der Waals surface area contributed by atoms with Crippen molar-refractivity contribution < 1.29 is 16.8 Å². The molecule has 1 aliphatic rings. The molecule has 2 aromatic rings. The zero-order valence-electron chi connectivity index (χ0n) is 14.2. The van der Waals surface area contributed by atoms with E-state index in [4.69, 9.17) is 0 Å². The molecule has 0 saturated heterocycles. The lowest BCUT2D eigenvalue weighted by Gasteiger charge is -2.10. The maximum atomic E-state index is 12.5. The summed E-state index contributed by atoms with van der Waals surface area (Å²) >= 11 is 0. The highest BCUT2D eigenvalue weighted by Crippen LogP contribution is 2.39. The fraction of sp³-hybridized carbons (Fsp3) is 0.375. The van der Waals surface area contributed by atoms with E-state index in [0.717, 1.165) is 0 Å². The number of aromatic nitrogens is 2. The van der Waals surface area contributed by atoms with E-state index >= 15 is 0 Å². The van der Waals surface area contributed by atoms with Gasteiger partial charge in [-0.25, -0.2) is 26.8 Å². The first-order valence-electron chi connectivity index (χ1n) is 7.75. The van der Waals surface area contributed by atoms with Gasteiger partial charge in [-0.05, 0) is 18.2 Å². The molecule has 1 atom stereocenters. The van der Waals surface area contributed by atoms with Crippen molar-refractivity contribution in [1.29, 1.82) is 0 Å². The van der Waals surface area contributed by atoms with Gasteiger partial charge in [0.25, 0.3) is 0 Å². The minimum atomic E-state index is -3.85. The van der Waals surface area contributed by atoms with Gasteiger partial charge in [-0.2, -0.15) is 0 Å². The molecule has 0 spiro atoms. The van der Waals surface area contributed by atoms with E-state index in [1.807, 2.05) is 27.7 Å². The van der Waals surface area contributed by atoms with Crippen molar-refractivity contribution in [3.8, 4) is 0 Å². The second-order valence-corrected chi connectivity index (χ2v) is 8.41. The summed E-state index contributed by atoms with van der Waals surface area (Å²) in [6.45, 7) is 8.00. The van der Waals surface area contributed by atoms with Crippen LogP contribution in [0.3, 0.4) is 0 Å². The molecule has 3 heterocycles. The van der Waals surface area contributed by atoms with Gasteiger partial charge in [0, 0.05) is 18.0 Å². The third-order valence-corrected chi connectivity index (χ3v) is 7.02. The number of hydrogen-bond donors (Lipinski definition) is 0. The third kappa shape index (κ3) is 3.81. The predicted molar refractivity (Wildman–Crippen MR) is 93.1 cm³/mol. The van der Waals surface area contributed by atoms with Crippen LogP contribution in [0, 0.1) is 0 Å². The number of nitrogens with zero attached hydrogens (tertiary/aromatic N) is 2. The molecule has 0 aromatic carbocycles. The first-order chi connectivity index (χ1) is 11.4. The van der Waals surface area contributed by atoms with Gasteiger partial charge >= 0.3 is 0 Å². The Bertz CT molecular complexity index is 864. The number of sulfone groups is 2. The second-order valence-electron chi connectivity index (χ2n) is 4.38. The average Bonchev–Trinajstić information content (AvgIpc) is 2.92. The molecule has 0 saturated carbocycles. The molecule has 1 aliphatic heterocycles. The fourth-order valence-electron chi connectivity index (χ4n) is 2.19. The molecule has 1 unspecified atom stereocenters. The minimum Gasteiger partial charge on any atom is -0.245 e. The molecule has 0 aliphatic carbocycles. The van der Waals surface area contributed by atoms with Gasteiger partial charge in [0.05, 0.1) is 5.75 Å². The number of rotatable bonds is 2. The lowest BCUT2D eigenvalue weighted by Crippen LogP contribution is -2.16. The van der Waals surface area contributed by atoms with E-state index in [1.54, 1.807) is 12.1 Å². The molecule has 0 amide bonds. The first-order valence-corrected chi connectivity index (χ1v) is 11.0. The molecule has 8 heteroatoms. The number of fused-ring (bicyclic) bond motifs is 1. The molecule has 2 aromatic heterocycles. The van der Waals surface area contributed by atoms with Crippen LogP contribution in [0.25, 0.3) is 0 Å². The lowest BCUT2D eigenvalue weighted by atomic mass is 10.2. The maximum absolute atomic E-state index is 12.5. The molecule has 24 heavy (non-hydrogen) atoms. The van der Waals surface area contributed by atoms with Gasteiger partial charge < -0.3 is 0 Å². The second kappa shape index (κ2) is 8.34. The molecular formula is C16H22N2O4S2. The van der Waals surface area contributed by atoms with Gasteiger partial charge in [0.1, 0.15) is 5.25 Å². The summed E-state index contributed by atoms with van der Waals surface area (Å²) in [7, 11) is -7.52. The summed E-state index contributed by atoms with van der Waals surface area (Å²) in [5.74, 6) is -0.488. The van der Waals surface area contributed by atoms with Crippen molar-refractivity contribution in [3.63, 3.8) is 0 Å². The van der Waals surface area contributed by atoms with E-state index < -0.39 is 30.7 Å². The Hall–Kier alpha value is -1.80. The highest BCUT2D eigenvalue weighted by molar-refractivity contribution is 7.96. The first kappa shape index (κ1) is 20.2. The number of pyridine rings is 2. The van der Waals surface area contributed by atoms with Crippen LogP contribution in [0.4, 0.5) is 0 Å². The Kier molecular flexibility index (Phi) is 7.04. The van der Waals surface area contributed by atoms with Crippen LogP contribution in [0.2, 0.25) is 0 Å². The molecule has 132 valence electrons. The highest BCUT2D eigenvalue weighted by Gasteiger charge is 2.44. The Morgan fingerprint density at radius 2 is 1.58 bits per heavy atom. The van der Waals surface area contributed by atoms with Gasteiger partial charge in [0.2, 0.25) is 9.84 Å². The Labute approximate surface area is 143 Å². The average molecular weight is 370 g/mol. The molecular weight excluding hydrogens is 348 g/mol. The van der Waals surface area contributed by atoms with E-state index in [2.05, 4.69) is 9.97 Å². The Morgan fingerprint density at radius 3 is 2.17 bits per heavy atom. The van der Waals surface area contributed by atoms with Gasteiger partial charge in [-0.15, -0.1) is 0 Å². The van der Waals surface area contributed by atoms with Gasteiger partial charge in [-0.3, -0.25) is 0 Å². The van der Waals surface area contributed by atoms with Gasteiger partial charge in [0.15, 0.2) is 19.9 Å². The van der Waals surface area contributed by atoms with Crippen LogP contribution < -0.4 is 0 Å². The molecule has 0 radical (unpaired) electrons. The zero-order valence-corrected chi connectivity index (χ0v) is 15.8. The smallest absolute Gasteiger partial charge is 0.203 e. The van der Waals surface area contributed by atoms with Crippen molar-refractivity contribution in [2.75, 3.05) is 5.75 Å². The highest BCUT2D eigenvalue weighted by atomic mass is 32.2. The maximum Gasteiger partial charge on any atom is 0.203 e. The summed E-state index contributed by atoms with van der Waals surface area (Å²) in [5.41, 5.74) is 0.221. The monoisotopic (exact) mass is 370 g/mol. The molecule has 0 fully saturated rings. The quantitative estimate of drug-likeness (QED) is 0.807. The van der Waals surface area contributed by atoms with Gasteiger partial charge in [-0.1, -0.05) is 39.8 Å². The summed E-state index contributed by atoms with van der Waals surface area (Å²) in [6.07, 6.45) is 2.70. The summed E-state index contributed by atoms with van der Waals surface area (Å²) in [6, 6.07) is 7.52. The molecule has 6 nitrogen and oxygen atoms in total. The van der Waals surface area contributed by atoms with Crippen LogP contribution in [-0.2, 0) is 19.7 Å². The Balaban J connectivity index is 0.000000671. The van der Waals surface area contributed by atoms with Crippen LogP contribution in [0.15, 0.2) is 52.8 Å². The molecule has 3 rings (SSSR count). The predicted octanol–water partition coefficient (Wildman–Crippen LogP) is 2.83. The van der Waals surface area contributed by atoms with Crippen molar-refractivity contribution in [1.82, 2.24) is 9.97 Å². The molecule has 0 bridgehead atoms. The topological polar surface area (TPSA) is 94.1 Å². The summed E-state index contributed by atoms with van der Waals surface area (Å²) in [5, 5.41) is -1.42. The fourth-order valence-corrected chi connectivity index (χ4v) is 6.34.